The number of ether oxygens (including phenoxy) is 3. The molecule has 0 spiro atoms. The number of carbonyl (C=O) groups is 3. The molecule has 4 heterocycles. The van der Waals surface area contributed by atoms with Crippen molar-refractivity contribution in [1.29, 1.82) is 0 Å². The minimum atomic E-state index is -0.662. The first-order valence-corrected chi connectivity index (χ1v) is 9.19. The molecule has 0 amide bonds. The quantitative estimate of drug-likeness (QED) is 0.367. The molecule has 4 aromatic rings. The SMILES string of the molecule is COC(=O)c1cc2occc2[nH]1.COC(=O)c1cc2occc2n1C(=O)OC(C)(C)C. The molecule has 10 nitrogen and oxygen atoms in total. The van der Waals surface area contributed by atoms with Gasteiger partial charge in [-0.05, 0) is 20.8 Å². The number of aromatic nitrogens is 2. The summed E-state index contributed by atoms with van der Waals surface area (Å²) in [5.74, 6) is -1.02. The van der Waals surface area contributed by atoms with Crippen molar-refractivity contribution in [2.75, 3.05) is 14.2 Å². The highest BCUT2D eigenvalue weighted by atomic mass is 16.6. The second kappa shape index (κ2) is 8.42. The van der Waals surface area contributed by atoms with Gasteiger partial charge in [0.25, 0.3) is 0 Å². The van der Waals surface area contributed by atoms with Crippen LogP contribution in [0.3, 0.4) is 0 Å². The molecule has 0 aliphatic carbocycles. The van der Waals surface area contributed by atoms with Crippen LogP contribution in [0.4, 0.5) is 4.79 Å². The molecule has 0 saturated heterocycles. The van der Waals surface area contributed by atoms with E-state index in [1.54, 1.807) is 45.2 Å². The van der Waals surface area contributed by atoms with Gasteiger partial charge in [0.15, 0.2) is 11.2 Å². The number of methoxy groups -OCH3 is 2. The van der Waals surface area contributed by atoms with Crippen molar-refractivity contribution >= 4 is 40.2 Å². The van der Waals surface area contributed by atoms with E-state index in [-0.39, 0.29) is 11.7 Å². The van der Waals surface area contributed by atoms with Crippen molar-refractivity contribution in [3.8, 4) is 0 Å². The number of nitrogens with zero attached hydrogens (tertiary/aromatic N) is 1. The maximum Gasteiger partial charge on any atom is 0.419 e. The number of rotatable bonds is 2. The van der Waals surface area contributed by atoms with Crippen molar-refractivity contribution in [1.82, 2.24) is 9.55 Å². The molecule has 0 fully saturated rings. The summed E-state index contributed by atoms with van der Waals surface area (Å²) >= 11 is 0. The van der Waals surface area contributed by atoms with Crippen LogP contribution in [0.2, 0.25) is 0 Å². The van der Waals surface area contributed by atoms with E-state index in [0.717, 1.165) is 10.1 Å². The zero-order valence-electron chi connectivity index (χ0n) is 17.7. The molecule has 1 N–H and O–H groups in total. The van der Waals surface area contributed by atoms with Gasteiger partial charge in [0, 0.05) is 24.3 Å². The molecule has 10 heteroatoms. The lowest BCUT2D eigenvalue weighted by molar-refractivity contribution is 0.0489. The molecule has 4 aromatic heterocycles. The van der Waals surface area contributed by atoms with Gasteiger partial charge < -0.3 is 28.0 Å². The smallest absolute Gasteiger partial charge is 0.419 e. The minimum Gasteiger partial charge on any atom is -0.464 e. The van der Waals surface area contributed by atoms with Gasteiger partial charge in [0.1, 0.15) is 17.0 Å². The second-order valence-electron chi connectivity index (χ2n) is 7.38. The average Bonchev–Trinajstić information content (AvgIpc) is 3.44. The third-order valence-electron chi connectivity index (χ3n) is 4.04. The summed E-state index contributed by atoms with van der Waals surface area (Å²) in [5, 5.41) is 0. The molecule has 0 atom stereocenters. The van der Waals surface area contributed by atoms with E-state index in [1.165, 1.54) is 26.5 Å². The number of H-pyrrole nitrogens is 1. The molecule has 0 aliphatic heterocycles. The fourth-order valence-corrected chi connectivity index (χ4v) is 2.75. The van der Waals surface area contributed by atoms with Crippen LogP contribution in [0, 0.1) is 0 Å². The van der Waals surface area contributed by atoms with Crippen molar-refractivity contribution in [2.45, 2.75) is 26.4 Å². The van der Waals surface area contributed by atoms with E-state index in [4.69, 9.17) is 13.6 Å². The lowest BCUT2D eigenvalue weighted by Crippen LogP contribution is -2.28. The summed E-state index contributed by atoms with van der Waals surface area (Å²) in [4.78, 5) is 37.7. The lowest BCUT2D eigenvalue weighted by atomic mass is 10.2. The second-order valence-corrected chi connectivity index (χ2v) is 7.38. The van der Waals surface area contributed by atoms with Gasteiger partial charge in [0.2, 0.25) is 0 Å². The van der Waals surface area contributed by atoms with Gasteiger partial charge in [-0.3, -0.25) is 0 Å². The maximum absolute atomic E-state index is 12.2. The van der Waals surface area contributed by atoms with Gasteiger partial charge >= 0.3 is 18.0 Å². The third kappa shape index (κ3) is 4.63. The van der Waals surface area contributed by atoms with Gasteiger partial charge in [-0.25, -0.2) is 19.0 Å². The van der Waals surface area contributed by atoms with Gasteiger partial charge in [-0.1, -0.05) is 0 Å². The number of fused-ring (bicyclic) bond motifs is 2. The van der Waals surface area contributed by atoms with Crippen molar-refractivity contribution in [2.24, 2.45) is 0 Å². The Morgan fingerprint density at radius 1 is 0.935 bits per heavy atom. The normalized spacial score (nSPS) is 11.1. The van der Waals surface area contributed by atoms with Gasteiger partial charge in [-0.15, -0.1) is 0 Å². The molecular formula is C21H22N2O8. The van der Waals surface area contributed by atoms with E-state index >= 15 is 0 Å². The molecule has 0 aromatic carbocycles. The predicted molar refractivity (Wildman–Crippen MR) is 109 cm³/mol. The maximum atomic E-state index is 12.2. The Labute approximate surface area is 176 Å². The Hall–Kier alpha value is -3.95. The van der Waals surface area contributed by atoms with Crippen LogP contribution in [0.1, 0.15) is 41.7 Å². The molecule has 0 radical (unpaired) electrons. The highest BCUT2D eigenvalue weighted by Gasteiger charge is 2.26. The molecule has 31 heavy (non-hydrogen) atoms. The fourth-order valence-electron chi connectivity index (χ4n) is 2.75. The minimum absolute atomic E-state index is 0.0751. The topological polar surface area (TPSA) is 126 Å². The standard InChI is InChI=1S/C13H15NO5.C8H7NO3/c1-13(2,3)19-12(16)14-8-5-6-18-10(8)7-9(14)11(15)17-4;1-11-8(10)6-4-7-5(9-6)2-3-12-7/h5-7H,1-4H3;2-4,9H,1H3. The zero-order chi connectivity index (χ0) is 22.8. The Morgan fingerprint density at radius 3 is 2.19 bits per heavy atom. The van der Waals surface area contributed by atoms with Crippen molar-refractivity contribution in [3.05, 3.63) is 48.2 Å². The van der Waals surface area contributed by atoms with Gasteiger partial charge in [-0.2, -0.15) is 0 Å². The molecule has 0 saturated carbocycles. The number of nitrogens with one attached hydrogen (secondary N) is 1. The summed E-state index contributed by atoms with van der Waals surface area (Å²) < 4.78 is 25.8. The summed E-state index contributed by atoms with van der Waals surface area (Å²) in [6.45, 7) is 5.25. The van der Waals surface area contributed by atoms with E-state index in [2.05, 4.69) is 14.5 Å². The van der Waals surface area contributed by atoms with Crippen LogP contribution >= 0.6 is 0 Å². The number of aromatic amines is 1. The Kier molecular flexibility index (Phi) is 5.91. The Morgan fingerprint density at radius 2 is 1.58 bits per heavy atom. The summed E-state index contributed by atoms with van der Waals surface area (Å²) in [6.07, 6.45) is 2.35. The first-order chi connectivity index (χ1) is 14.6. The predicted octanol–water partition coefficient (Wildman–Crippen LogP) is 4.35. The van der Waals surface area contributed by atoms with Crippen LogP contribution in [-0.2, 0) is 14.2 Å². The number of carbonyl (C=O) groups excluding carboxylic acids is 3. The summed E-state index contributed by atoms with van der Waals surface area (Å²) in [5.41, 5.74) is 2.18. The Bertz CT molecular complexity index is 1200. The van der Waals surface area contributed by atoms with E-state index in [1.807, 2.05) is 0 Å². The fraction of sp³-hybridized carbons (Fsp3) is 0.286. The lowest BCUT2D eigenvalue weighted by Gasteiger charge is -2.20. The van der Waals surface area contributed by atoms with Crippen molar-refractivity contribution in [3.63, 3.8) is 0 Å². The van der Waals surface area contributed by atoms with Crippen molar-refractivity contribution < 1.29 is 37.4 Å². The molecule has 4 rings (SSSR count). The molecule has 164 valence electrons. The molecular weight excluding hydrogens is 408 g/mol. The van der Waals surface area contributed by atoms with E-state index in [0.29, 0.717) is 22.4 Å². The highest BCUT2D eigenvalue weighted by Crippen LogP contribution is 2.23. The molecule has 0 unspecified atom stereocenters. The molecule has 0 aliphatic rings. The van der Waals surface area contributed by atoms with Crippen LogP contribution in [0.15, 0.2) is 45.6 Å². The number of esters is 2. The largest absolute Gasteiger partial charge is 0.464 e. The molecule has 0 bridgehead atoms. The number of hydrogen-bond acceptors (Lipinski definition) is 8. The zero-order valence-corrected chi connectivity index (χ0v) is 17.7. The van der Waals surface area contributed by atoms with E-state index in [9.17, 15) is 14.4 Å². The van der Waals surface area contributed by atoms with Crippen LogP contribution in [-0.4, -0.2) is 47.4 Å². The first-order valence-electron chi connectivity index (χ1n) is 9.19. The number of hydrogen-bond donors (Lipinski definition) is 1. The van der Waals surface area contributed by atoms with Crippen LogP contribution in [0.5, 0.6) is 0 Å². The highest BCUT2D eigenvalue weighted by molar-refractivity contribution is 6.00. The summed E-state index contributed by atoms with van der Waals surface area (Å²) in [7, 11) is 2.58. The summed E-state index contributed by atoms with van der Waals surface area (Å²) in [6, 6.07) is 6.40. The average molecular weight is 430 g/mol. The Balaban J connectivity index is 0.000000194. The monoisotopic (exact) mass is 430 g/mol. The third-order valence-corrected chi connectivity index (χ3v) is 4.04. The van der Waals surface area contributed by atoms with Gasteiger partial charge in [0.05, 0.1) is 37.8 Å². The van der Waals surface area contributed by atoms with Crippen LogP contribution < -0.4 is 0 Å². The number of furan rings is 2. The van der Waals surface area contributed by atoms with Crippen LogP contribution in [0.25, 0.3) is 22.2 Å². The first kappa shape index (κ1) is 21.8. The van der Waals surface area contributed by atoms with E-state index < -0.39 is 17.7 Å².